The van der Waals surface area contributed by atoms with E-state index in [-0.39, 0.29) is 0 Å². The first-order valence-electron chi connectivity index (χ1n) is 9.36. The molecule has 4 nitrogen and oxygen atoms in total. The minimum Gasteiger partial charge on any atom is -0.407 e. The van der Waals surface area contributed by atoms with Crippen molar-refractivity contribution in [1.29, 1.82) is 0 Å². The maximum Gasteiger partial charge on any atom is 0.276 e. The van der Waals surface area contributed by atoms with Gasteiger partial charge < -0.3 is 17.7 Å². The summed E-state index contributed by atoms with van der Waals surface area (Å²) in [6.07, 6.45) is 1.04. The van der Waals surface area contributed by atoms with Crippen molar-refractivity contribution in [1.82, 2.24) is 0 Å². The normalized spacial score (nSPS) is 15.3. The van der Waals surface area contributed by atoms with Crippen molar-refractivity contribution in [3.8, 4) is 0 Å². The Morgan fingerprint density at radius 2 is 1.20 bits per heavy atom. The molecule has 0 fully saturated rings. The Balaban J connectivity index is 6.06. The molecule has 150 valence electrons. The zero-order valence-corrected chi connectivity index (χ0v) is 22.7. The van der Waals surface area contributed by atoms with Gasteiger partial charge in [0, 0.05) is 0 Å². The number of rotatable bonds is 12. The summed E-state index contributed by atoms with van der Waals surface area (Å²) < 4.78 is 26.5. The lowest BCUT2D eigenvalue weighted by Gasteiger charge is -2.48. The summed E-state index contributed by atoms with van der Waals surface area (Å²) in [5.41, 5.74) is 0.0433. The minimum atomic E-state index is -1.96. The van der Waals surface area contributed by atoms with E-state index in [1.807, 2.05) is 6.92 Å². The topological polar surface area (TPSA) is 36.9 Å². The highest BCUT2D eigenvalue weighted by Gasteiger charge is 2.52. The Bertz CT molecular complexity index is 381. The molecule has 0 saturated carbocycles. The first-order chi connectivity index (χ1) is 11.0. The molecule has 1 atom stereocenters. The van der Waals surface area contributed by atoms with Crippen LogP contribution in [0.25, 0.3) is 0 Å². The molecule has 0 aliphatic heterocycles. The second kappa shape index (κ2) is 9.58. The van der Waals surface area contributed by atoms with Gasteiger partial charge in [-0.05, 0) is 71.9 Å². The molecular weight excluding hydrogens is 381 g/mol. The van der Waals surface area contributed by atoms with Gasteiger partial charge in [-0.25, -0.2) is 0 Å². The predicted octanol–water partition coefficient (Wildman–Crippen LogP) is 5.46. The molecule has 0 rings (SSSR count). The maximum absolute atomic E-state index is 6.70. The van der Waals surface area contributed by atoms with Crippen LogP contribution in [0.2, 0.25) is 65.0 Å². The highest BCUT2D eigenvalue weighted by atomic mass is 28.4. The molecule has 25 heavy (non-hydrogen) atoms. The summed E-state index contributed by atoms with van der Waals surface area (Å²) in [6.45, 7) is 28.5. The lowest BCUT2D eigenvalue weighted by atomic mass is 10.4. The molecule has 0 heterocycles. The predicted molar refractivity (Wildman–Crippen MR) is 119 cm³/mol. The molecule has 8 heteroatoms. The Hall–Kier alpha value is 0.448. The molecular formula is C17H42O4Si4. The molecule has 0 aliphatic carbocycles. The van der Waals surface area contributed by atoms with Gasteiger partial charge in [0.05, 0.1) is 6.61 Å². The average Bonchev–Trinajstić information content (AvgIpc) is 2.26. The van der Waals surface area contributed by atoms with Gasteiger partial charge in [-0.3, -0.25) is 0 Å². The van der Waals surface area contributed by atoms with Crippen LogP contribution >= 0.6 is 0 Å². The van der Waals surface area contributed by atoms with E-state index >= 15 is 0 Å². The van der Waals surface area contributed by atoms with Crippen molar-refractivity contribution in [2.24, 2.45) is 0 Å². The van der Waals surface area contributed by atoms with Gasteiger partial charge >= 0.3 is 0 Å². The van der Waals surface area contributed by atoms with E-state index in [0.717, 1.165) is 18.0 Å². The third kappa shape index (κ3) is 11.7. The van der Waals surface area contributed by atoms with Crippen LogP contribution in [0.1, 0.15) is 20.3 Å². The Kier molecular flexibility index (Phi) is 9.76. The van der Waals surface area contributed by atoms with Gasteiger partial charge in [-0.15, -0.1) is 0 Å². The molecule has 0 aliphatic rings. The molecule has 0 N–H and O–H groups in total. The van der Waals surface area contributed by atoms with Crippen LogP contribution in [-0.4, -0.2) is 46.2 Å². The monoisotopic (exact) mass is 422 g/mol. The lowest BCUT2D eigenvalue weighted by Crippen LogP contribution is -2.64. The summed E-state index contributed by atoms with van der Waals surface area (Å²) >= 11 is 0. The molecule has 0 aromatic carbocycles. The molecule has 0 aromatic heterocycles. The van der Waals surface area contributed by atoms with E-state index < -0.39 is 39.6 Å². The Morgan fingerprint density at radius 1 is 0.840 bits per heavy atom. The van der Waals surface area contributed by atoms with E-state index in [0.29, 0.717) is 6.61 Å². The van der Waals surface area contributed by atoms with E-state index in [1.54, 1.807) is 0 Å². The largest absolute Gasteiger partial charge is 0.407 e. The fourth-order valence-corrected chi connectivity index (χ4v) is 12.0. The van der Waals surface area contributed by atoms with Crippen molar-refractivity contribution in [2.45, 2.75) is 90.8 Å². The zero-order valence-electron chi connectivity index (χ0n) is 18.5. The quantitative estimate of drug-likeness (QED) is 0.238. The van der Waals surface area contributed by atoms with Crippen molar-refractivity contribution >= 4 is 34.0 Å². The van der Waals surface area contributed by atoms with E-state index in [9.17, 15) is 0 Å². The summed E-state index contributed by atoms with van der Waals surface area (Å²) in [5, 5.41) is 0. The zero-order chi connectivity index (χ0) is 20.1. The molecule has 0 amide bonds. The van der Waals surface area contributed by atoms with E-state index in [1.165, 1.54) is 0 Å². The van der Waals surface area contributed by atoms with Gasteiger partial charge in [0.25, 0.3) is 14.6 Å². The fraction of sp³-hybridized carbons (Fsp3) is 0.882. The van der Waals surface area contributed by atoms with Crippen molar-refractivity contribution in [3.63, 3.8) is 0 Å². The van der Waals surface area contributed by atoms with Gasteiger partial charge in [0.15, 0.2) is 25.0 Å². The average molecular weight is 423 g/mol. The summed E-state index contributed by atoms with van der Waals surface area (Å²) in [6, 6.07) is 0.965. The minimum absolute atomic E-state index is 0.553. The number of hydrogen-bond acceptors (Lipinski definition) is 4. The fourth-order valence-electron chi connectivity index (χ4n) is 2.41. The standard InChI is InChI=1S/C17H42O4Si4/c1-13-14-22(18-15-16(2)3)17(19-23(4,5)6,20-24(7,8)9)21-25(10,11)12/h22H,2,13-15H2,1,3-12H3. The number of hydrogen-bond donors (Lipinski definition) is 0. The second-order valence-corrected chi connectivity index (χ2v) is 25.7. The van der Waals surface area contributed by atoms with Gasteiger partial charge in [-0.2, -0.15) is 0 Å². The van der Waals surface area contributed by atoms with Crippen molar-refractivity contribution < 1.29 is 17.7 Å². The van der Waals surface area contributed by atoms with Crippen LogP contribution in [-0.2, 0) is 17.7 Å². The molecule has 0 bridgehead atoms. The molecule has 0 aromatic rings. The first-order valence-corrected chi connectivity index (χ1v) is 21.5. The van der Waals surface area contributed by atoms with Crippen LogP contribution in [0, 0.1) is 0 Å². The first kappa shape index (κ1) is 25.4. The second-order valence-electron chi connectivity index (χ2n) is 9.79. The van der Waals surface area contributed by atoms with Crippen LogP contribution in [0.4, 0.5) is 0 Å². The van der Waals surface area contributed by atoms with Crippen LogP contribution < -0.4 is 0 Å². The van der Waals surface area contributed by atoms with Crippen molar-refractivity contribution in [2.75, 3.05) is 6.61 Å². The Morgan fingerprint density at radius 3 is 1.44 bits per heavy atom. The smallest absolute Gasteiger partial charge is 0.276 e. The van der Waals surface area contributed by atoms with Gasteiger partial charge in [0.2, 0.25) is 0 Å². The molecule has 0 radical (unpaired) electrons. The van der Waals surface area contributed by atoms with Crippen molar-refractivity contribution in [3.05, 3.63) is 12.2 Å². The third-order valence-electron chi connectivity index (χ3n) is 2.82. The molecule has 0 saturated heterocycles. The van der Waals surface area contributed by atoms with E-state index in [2.05, 4.69) is 72.4 Å². The van der Waals surface area contributed by atoms with Gasteiger partial charge in [-0.1, -0.05) is 25.5 Å². The third-order valence-corrected chi connectivity index (χ3v) is 9.03. The summed E-state index contributed by atoms with van der Waals surface area (Å²) in [4.78, 5) is 0. The SMILES string of the molecule is C=C(C)CO[SiH](CCC)C(O[Si](C)(C)C)(O[Si](C)(C)C)O[Si](C)(C)C. The maximum atomic E-state index is 6.70. The van der Waals surface area contributed by atoms with Crippen LogP contribution in [0.3, 0.4) is 0 Å². The van der Waals surface area contributed by atoms with E-state index in [4.69, 9.17) is 17.7 Å². The lowest BCUT2D eigenvalue weighted by molar-refractivity contribution is -0.216. The highest BCUT2D eigenvalue weighted by Crippen LogP contribution is 2.34. The summed E-state index contributed by atoms with van der Waals surface area (Å²) in [5.74, 6) is 0. The molecule has 0 spiro atoms. The molecule has 1 unspecified atom stereocenters. The highest BCUT2D eigenvalue weighted by molar-refractivity contribution is 6.74. The van der Waals surface area contributed by atoms with Crippen LogP contribution in [0.5, 0.6) is 0 Å². The van der Waals surface area contributed by atoms with Crippen LogP contribution in [0.15, 0.2) is 12.2 Å². The Labute approximate surface area is 161 Å². The summed E-state index contributed by atoms with van der Waals surface area (Å²) in [7, 11) is -7.70. The van der Waals surface area contributed by atoms with Gasteiger partial charge in [0.1, 0.15) is 0 Å².